The molecule has 118 valence electrons. The Kier molecular flexibility index (Phi) is 3.82. The number of rotatable bonds is 1. The van der Waals surface area contributed by atoms with Gasteiger partial charge in [-0.25, -0.2) is 8.78 Å². The molecular formula is C17H14F2N2O2. The molecule has 1 unspecified atom stereocenters. The van der Waals surface area contributed by atoms with Crippen LogP contribution >= 0.6 is 0 Å². The summed E-state index contributed by atoms with van der Waals surface area (Å²) in [5.41, 5.74) is 0.562. The molecule has 1 atom stereocenters. The van der Waals surface area contributed by atoms with Crippen molar-refractivity contribution in [2.75, 3.05) is 16.8 Å². The average Bonchev–Trinajstić information content (AvgIpc) is 2.67. The van der Waals surface area contributed by atoms with Crippen molar-refractivity contribution in [1.29, 1.82) is 0 Å². The van der Waals surface area contributed by atoms with E-state index < -0.39 is 23.5 Å². The zero-order valence-corrected chi connectivity index (χ0v) is 12.3. The molecule has 0 radical (unpaired) electrons. The number of para-hydroxylation sites is 2. The van der Waals surface area contributed by atoms with Crippen LogP contribution in [0.3, 0.4) is 0 Å². The molecule has 23 heavy (non-hydrogen) atoms. The van der Waals surface area contributed by atoms with Gasteiger partial charge in [-0.15, -0.1) is 0 Å². The second-order valence-corrected chi connectivity index (χ2v) is 5.42. The van der Waals surface area contributed by atoms with Crippen LogP contribution in [0.5, 0.6) is 0 Å². The fourth-order valence-electron chi connectivity index (χ4n) is 2.53. The summed E-state index contributed by atoms with van der Waals surface area (Å²) < 4.78 is 27.4. The second kappa shape index (κ2) is 5.79. The quantitative estimate of drug-likeness (QED) is 0.878. The van der Waals surface area contributed by atoms with Crippen LogP contribution < -0.4 is 10.2 Å². The molecule has 2 amide bonds. The molecule has 0 saturated heterocycles. The minimum atomic E-state index is -1.19. The first kappa shape index (κ1) is 15.1. The minimum absolute atomic E-state index is 0.0810. The van der Waals surface area contributed by atoms with Gasteiger partial charge >= 0.3 is 0 Å². The standard InChI is InChI=1S/C17H14F2N2O2/c1-10-9-21(14-8-3-2-7-13(14)20-16(10)22)17(23)11-5-4-6-12(18)15(11)19/h2-8,10H,9H2,1H3,(H,20,22). The van der Waals surface area contributed by atoms with Gasteiger partial charge in [-0.3, -0.25) is 9.59 Å². The normalized spacial score (nSPS) is 17.3. The predicted molar refractivity (Wildman–Crippen MR) is 82.3 cm³/mol. The van der Waals surface area contributed by atoms with Gasteiger partial charge in [0.05, 0.1) is 22.9 Å². The van der Waals surface area contributed by atoms with Crippen LogP contribution in [-0.2, 0) is 4.79 Å². The Hall–Kier alpha value is -2.76. The van der Waals surface area contributed by atoms with Gasteiger partial charge in [0.2, 0.25) is 5.91 Å². The Labute approximate surface area is 131 Å². The van der Waals surface area contributed by atoms with E-state index in [1.807, 2.05) is 0 Å². The van der Waals surface area contributed by atoms with Crippen molar-refractivity contribution >= 4 is 23.2 Å². The lowest BCUT2D eigenvalue weighted by molar-refractivity contribution is -0.119. The van der Waals surface area contributed by atoms with E-state index in [1.165, 1.54) is 17.0 Å². The lowest BCUT2D eigenvalue weighted by Crippen LogP contribution is -2.36. The zero-order valence-electron chi connectivity index (χ0n) is 12.3. The Morgan fingerprint density at radius 1 is 1.17 bits per heavy atom. The molecule has 0 spiro atoms. The van der Waals surface area contributed by atoms with Crippen LogP contribution in [0.2, 0.25) is 0 Å². The highest BCUT2D eigenvalue weighted by molar-refractivity contribution is 6.11. The number of benzene rings is 2. The first-order chi connectivity index (χ1) is 11.0. The van der Waals surface area contributed by atoms with Crippen LogP contribution in [0.4, 0.5) is 20.2 Å². The third-order valence-corrected chi connectivity index (χ3v) is 3.78. The largest absolute Gasteiger partial charge is 0.324 e. The monoisotopic (exact) mass is 316 g/mol. The number of nitrogens with one attached hydrogen (secondary N) is 1. The van der Waals surface area contributed by atoms with Crippen LogP contribution in [0.1, 0.15) is 17.3 Å². The van der Waals surface area contributed by atoms with Crippen LogP contribution in [0.25, 0.3) is 0 Å². The molecule has 1 aliphatic rings. The molecule has 0 bridgehead atoms. The van der Waals surface area contributed by atoms with E-state index in [2.05, 4.69) is 5.32 Å². The maximum absolute atomic E-state index is 14.0. The van der Waals surface area contributed by atoms with Crippen molar-refractivity contribution in [2.24, 2.45) is 5.92 Å². The molecule has 6 heteroatoms. The summed E-state index contributed by atoms with van der Waals surface area (Å²) in [5.74, 6) is -3.67. The van der Waals surface area contributed by atoms with E-state index in [0.29, 0.717) is 11.4 Å². The summed E-state index contributed by atoms with van der Waals surface area (Å²) in [6, 6.07) is 10.2. The molecule has 2 aromatic carbocycles. The molecule has 0 saturated carbocycles. The van der Waals surface area contributed by atoms with Crippen molar-refractivity contribution in [3.8, 4) is 0 Å². The fraction of sp³-hybridized carbons (Fsp3) is 0.176. The summed E-state index contributed by atoms with van der Waals surface area (Å²) in [7, 11) is 0. The maximum Gasteiger partial charge on any atom is 0.261 e. The van der Waals surface area contributed by atoms with E-state index in [9.17, 15) is 18.4 Å². The Bertz CT molecular complexity index is 792. The number of nitrogens with zero attached hydrogens (tertiary/aromatic N) is 1. The number of fused-ring (bicyclic) bond motifs is 1. The van der Waals surface area contributed by atoms with Crippen molar-refractivity contribution in [3.05, 3.63) is 59.7 Å². The molecule has 3 rings (SSSR count). The topological polar surface area (TPSA) is 49.4 Å². The lowest BCUT2D eigenvalue weighted by atomic mass is 10.1. The van der Waals surface area contributed by atoms with Gasteiger partial charge in [-0.2, -0.15) is 0 Å². The Morgan fingerprint density at radius 2 is 1.91 bits per heavy atom. The first-order valence-electron chi connectivity index (χ1n) is 7.15. The number of carbonyl (C=O) groups excluding carboxylic acids is 2. The molecule has 4 nitrogen and oxygen atoms in total. The van der Waals surface area contributed by atoms with Gasteiger partial charge in [-0.1, -0.05) is 25.1 Å². The molecular weight excluding hydrogens is 302 g/mol. The van der Waals surface area contributed by atoms with Crippen LogP contribution in [-0.4, -0.2) is 18.4 Å². The van der Waals surface area contributed by atoms with Crippen molar-refractivity contribution in [3.63, 3.8) is 0 Å². The van der Waals surface area contributed by atoms with Gasteiger partial charge < -0.3 is 10.2 Å². The number of carbonyl (C=O) groups is 2. The summed E-state index contributed by atoms with van der Waals surface area (Å²) in [4.78, 5) is 26.0. The maximum atomic E-state index is 14.0. The van der Waals surface area contributed by atoms with Gasteiger partial charge in [0, 0.05) is 6.54 Å². The third kappa shape index (κ3) is 2.67. The fourth-order valence-corrected chi connectivity index (χ4v) is 2.53. The van der Waals surface area contributed by atoms with Gasteiger partial charge in [0.1, 0.15) is 0 Å². The lowest BCUT2D eigenvalue weighted by Gasteiger charge is -2.23. The number of halogens is 2. The molecule has 0 fully saturated rings. The highest BCUT2D eigenvalue weighted by atomic mass is 19.2. The van der Waals surface area contributed by atoms with E-state index in [-0.39, 0.29) is 18.0 Å². The van der Waals surface area contributed by atoms with E-state index in [0.717, 1.165) is 6.07 Å². The summed E-state index contributed by atoms with van der Waals surface area (Å²) in [5, 5.41) is 2.73. The molecule has 1 N–H and O–H groups in total. The van der Waals surface area contributed by atoms with Crippen molar-refractivity contribution in [1.82, 2.24) is 0 Å². The number of amides is 2. The van der Waals surface area contributed by atoms with Gasteiger partial charge in [0.15, 0.2) is 11.6 Å². The predicted octanol–water partition coefficient (Wildman–Crippen LogP) is 3.20. The molecule has 1 aliphatic heterocycles. The van der Waals surface area contributed by atoms with Crippen molar-refractivity contribution in [2.45, 2.75) is 6.92 Å². The van der Waals surface area contributed by atoms with Crippen LogP contribution in [0, 0.1) is 17.6 Å². The third-order valence-electron chi connectivity index (χ3n) is 3.78. The molecule has 2 aromatic rings. The second-order valence-electron chi connectivity index (χ2n) is 5.42. The number of hydrogen-bond acceptors (Lipinski definition) is 2. The highest BCUT2D eigenvalue weighted by Crippen LogP contribution is 2.31. The van der Waals surface area contributed by atoms with E-state index >= 15 is 0 Å². The summed E-state index contributed by atoms with van der Waals surface area (Å²) >= 11 is 0. The Morgan fingerprint density at radius 3 is 2.70 bits per heavy atom. The minimum Gasteiger partial charge on any atom is -0.324 e. The highest BCUT2D eigenvalue weighted by Gasteiger charge is 2.30. The van der Waals surface area contributed by atoms with Gasteiger partial charge in [-0.05, 0) is 24.3 Å². The van der Waals surface area contributed by atoms with Crippen LogP contribution in [0.15, 0.2) is 42.5 Å². The number of anilines is 2. The smallest absolute Gasteiger partial charge is 0.261 e. The zero-order chi connectivity index (χ0) is 16.6. The van der Waals surface area contributed by atoms with Crippen molar-refractivity contribution < 1.29 is 18.4 Å². The Balaban J connectivity index is 2.09. The average molecular weight is 316 g/mol. The van der Waals surface area contributed by atoms with E-state index in [4.69, 9.17) is 0 Å². The summed E-state index contributed by atoms with van der Waals surface area (Å²) in [6.45, 7) is 1.75. The van der Waals surface area contributed by atoms with E-state index in [1.54, 1.807) is 31.2 Å². The number of hydrogen-bond donors (Lipinski definition) is 1. The molecule has 1 heterocycles. The first-order valence-corrected chi connectivity index (χ1v) is 7.15. The molecule has 0 aromatic heterocycles. The summed E-state index contributed by atoms with van der Waals surface area (Å²) in [6.07, 6.45) is 0. The molecule has 0 aliphatic carbocycles. The van der Waals surface area contributed by atoms with Gasteiger partial charge in [0.25, 0.3) is 5.91 Å². The SMILES string of the molecule is CC1CN(C(=O)c2cccc(F)c2F)c2ccccc2NC1=O.